The van der Waals surface area contributed by atoms with E-state index < -0.39 is 18.2 Å². The van der Waals surface area contributed by atoms with Crippen LogP contribution in [0.2, 0.25) is 0 Å². The van der Waals surface area contributed by atoms with Gasteiger partial charge < -0.3 is 0 Å². The minimum absolute atomic E-state index is 0.942. The number of unbranched alkanes of at least 4 members (excludes halogenated alkanes) is 3. The Morgan fingerprint density at radius 3 is 1.47 bits per heavy atom. The van der Waals surface area contributed by atoms with E-state index in [1.54, 1.807) is 0 Å². The monoisotopic (exact) mass is 312 g/mol. The van der Waals surface area contributed by atoms with Crippen LogP contribution in [0.5, 0.6) is 0 Å². The van der Waals surface area contributed by atoms with Crippen LogP contribution in [-0.4, -0.2) is 33.4 Å². The van der Waals surface area contributed by atoms with Crippen molar-refractivity contribution in [2.45, 2.75) is 66.2 Å². The molecule has 19 heavy (non-hydrogen) atoms. The molecular weight excluding hydrogens is 279 g/mol. The third-order valence-corrected chi connectivity index (χ3v) is 12.4. The maximum atomic E-state index is 11.4. The first-order valence-corrected chi connectivity index (χ1v) is 11.7. The van der Waals surface area contributed by atoms with Crippen LogP contribution in [0, 0.1) is 0 Å². The van der Waals surface area contributed by atoms with Gasteiger partial charge in [0.1, 0.15) is 0 Å². The van der Waals surface area contributed by atoms with Gasteiger partial charge in [0.05, 0.1) is 0 Å². The molecule has 1 unspecified atom stereocenters. The van der Waals surface area contributed by atoms with Gasteiger partial charge in [0, 0.05) is 0 Å². The summed E-state index contributed by atoms with van der Waals surface area (Å²) in [5.74, 6) is 0. The van der Waals surface area contributed by atoms with Gasteiger partial charge >= 0.3 is 122 Å². The normalized spacial score (nSPS) is 15.9. The summed E-state index contributed by atoms with van der Waals surface area (Å²) in [7, 11) is 0. The van der Waals surface area contributed by atoms with Gasteiger partial charge in [-0.05, 0) is 0 Å². The minimum atomic E-state index is -2.48. The van der Waals surface area contributed by atoms with E-state index >= 15 is 0 Å². The molecule has 1 atom stereocenters. The zero-order valence-corrected chi connectivity index (χ0v) is 14.9. The first-order chi connectivity index (χ1) is 8.97. The van der Waals surface area contributed by atoms with Crippen molar-refractivity contribution in [2.24, 2.45) is 0 Å². The van der Waals surface area contributed by atoms with Gasteiger partial charge in [0.2, 0.25) is 0 Å². The molecular formula is C14H33O3PS. The molecule has 0 spiro atoms. The maximum absolute atomic E-state index is 11.4. The van der Waals surface area contributed by atoms with Crippen LogP contribution in [0.15, 0.2) is 0 Å². The Balaban J connectivity index is 5.28. The summed E-state index contributed by atoms with van der Waals surface area (Å²) in [6.07, 6.45) is 10.7. The van der Waals surface area contributed by atoms with Crippen LogP contribution in [-0.2, 0) is 15.3 Å². The fourth-order valence-corrected chi connectivity index (χ4v) is 10.6. The summed E-state index contributed by atoms with van der Waals surface area (Å²) < 4.78 is 26.6. The fraction of sp³-hybridized carbons (Fsp3) is 1.00. The molecule has 0 radical (unpaired) electrons. The molecule has 0 saturated heterocycles. The summed E-state index contributed by atoms with van der Waals surface area (Å²) in [5.41, 5.74) is 0. The zero-order chi connectivity index (χ0) is 14.8. The van der Waals surface area contributed by atoms with Gasteiger partial charge in [-0.25, -0.2) is 0 Å². The molecule has 0 fully saturated rings. The van der Waals surface area contributed by atoms with Crippen molar-refractivity contribution >= 4 is 18.2 Å². The Labute approximate surface area is 122 Å². The van der Waals surface area contributed by atoms with Gasteiger partial charge in [-0.2, -0.15) is 0 Å². The van der Waals surface area contributed by atoms with Gasteiger partial charge in [-0.15, -0.1) is 0 Å². The Kier molecular flexibility index (Phi) is 9.69. The molecule has 3 nitrogen and oxygen atoms in total. The third kappa shape index (κ3) is 6.20. The number of hydrogen-bond donors (Lipinski definition) is 1. The van der Waals surface area contributed by atoms with Crippen molar-refractivity contribution in [1.29, 1.82) is 0 Å². The first kappa shape index (κ1) is 19.5. The number of rotatable bonds is 12. The molecule has 118 valence electrons. The van der Waals surface area contributed by atoms with Gasteiger partial charge in [0.25, 0.3) is 0 Å². The molecule has 0 heterocycles. The van der Waals surface area contributed by atoms with Gasteiger partial charge in [0.15, 0.2) is 0 Å². The van der Waals surface area contributed by atoms with E-state index in [0.29, 0.717) is 0 Å². The van der Waals surface area contributed by atoms with Crippen LogP contribution in [0.25, 0.3) is 0 Å². The predicted molar refractivity (Wildman–Crippen MR) is 88.6 cm³/mol. The van der Waals surface area contributed by atoms with Crippen molar-refractivity contribution in [1.82, 2.24) is 0 Å². The van der Waals surface area contributed by atoms with Gasteiger partial charge in [-0.1, -0.05) is 0 Å². The summed E-state index contributed by atoms with van der Waals surface area (Å²) in [5, 5.41) is 0. The van der Waals surface area contributed by atoms with E-state index in [1.165, 1.54) is 0 Å². The quantitative estimate of drug-likeness (QED) is 0.406. The van der Waals surface area contributed by atoms with E-state index in [0.717, 1.165) is 63.2 Å². The van der Waals surface area contributed by atoms with Crippen molar-refractivity contribution in [3.05, 3.63) is 0 Å². The SMILES string of the molecule is CCCCP(CC)(CCCC)(CCCC)OS(=O)O. The van der Waals surface area contributed by atoms with Crippen molar-refractivity contribution < 1.29 is 12.7 Å². The summed E-state index contributed by atoms with van der Waals surface area (Å²) >= 11 is -2.13. The van der Waals surface area contributed by atoms with Crippen LogP contribution >= 0.6 is 6.83 Å². The second-order valence-corrected chi connectivity index (χ2v) is 12.4. The Morgan fingerprint density at radius 2 is 1.26 bits per heavy atom. The summed E-state index contributed by atoms with van der Waals surface area (Å²) in [4.78, 5) is 0. The van der Waals surface area contributed by atoms with E-state index in [9.17, 15) is 8.76 Å². The molecule has 0 aliphatic carbocycles. The van der Waals surface area contributed by atoms with Crippen molar-refractivity contribution in [2.75, 3.05) is 24.6 Å². The second kappa shape index (κ2) is 9.44. The molecule has 0 amide bonds. The Morgan fingerprint density at radius 1 is 0.895 bits per heavy atom. The van der Waals surface area contributed by atoms with E-state index in [4.69, 9.17) is 3.97 Å². The molecule has 0 aliphatic heterocycles. The van der Waals surface area contributed by atoms with Crippen LogP contribution in [0.1, 0.15) is 66.2 Å². The average Bonchev–Trinajstić information content (AvgIpc) is 2.40. The Bertz CT molecular complexity index is 247. The van der Waals surface area contributed by atoms with E-state index in [1.807, 2.05) is 0 Å². The van der Waals surface area contributed by atoms with Crippen molar-refractivity contribution in [3.8, 4) is 0 Å². The van der Waals surface area contributed by atoms with E-state index in [2.05, 4.69) is 27.7 Å². The van der Waals surface area contributed by atoms with Crippen molar-refractivity contribution in [3.63, 3.8) is 0 Å². The van der Waals surface area contributed by atoms with Crippen LogP contribution in [0.4, 0.5) is 0 Å². The van der Waals surface area contributed by atoms with E-state index in [-0.39, 0.29) is 0 Å². The molecule has 0 aromatic rings. The van der Waals surface area contributed by atoms with Crippen LogP contribution in [0.3, 0.4) is 0 Å². The Hall–Kier alpha value is 0.500. The summed E-state index contributed by atoms with van der Waals surface area (Å²) in [6, 6.07) is 0. The molecule has 0 aromatic carbocycles. The zero-order valence-electron chi connectivity index (χ0n) is 13.2. The molecule has 0 bridgehead atoms. The molecule has 0 aromatic heterocycles. The number of hydrogen-bond acceptors (Lipinski definition) is 2. The molecule has 5 heteroatoms. The first-order valence-electron chi connectivity index (χ1n) is 7.79. The molecule has 0 saturated carbocycles. The average molecular weight is 312 g/mol. The predicted octanol–water partition coefficient (Wildman–Crippen LogP) is 5.03. The molecule has 1 N–H and O–H groups in total. The molecule has 0 aliphatic rings. The fourth-order valence-electron chi connectivity index (χ4n) is 2.83. The standard InChI is InChI=1S/C14H33O3PS/c1-5-9-12-18(8-4,13-10-6-2,14-11-7-3)17-19(15)16/h5-14H2,1-4H3,(H,15,16). The summed E-state index contributed by atoms with van der Waals surface area (Å²) in [6.45, 7) is 6.21. The van der Waals surface area contributed by atoms with Gasteiger partial charge in [-0.3, -0.25) is 0 Å². The topological polar surface area (TPSA) is 46.5 Å². The van der Waals surface area contributed by atoms with Crippen LogP contribution < -0.4 is 0 Å². The molecule has 0 rings (SSSR count). The third-order valence-electron chi connectivity index (χ3n) is 4.31. The second-order valence-electron chi connectivity index (χ2n) is 5.70.